The first-order valence-electron chi connectivity index (χ1n) is 12.2. The van der Waals surface area contributed by atoms with Crippen LogP contribution >= 0.6 is 0 Å². The molecule has 7 aromatic rings. The fourth-order valence-corrected chi connectivity index (χ4v) is 5.81. The van der Waals surface area contributed by atoms with Gasteiger partial charge in [-0.3, -0.25) is 4.98 Å². The van der Waals surface area contributed by atoms with E-state index in [2.05, 4.69) is 114 Å². The Hall–Kier alpha value is -4.43. The predicted octanol–water partition coefficient (Wildman–Crippen LogP) is 8.85. The van der Waals surface area contributed by atoms with E-state index in [9.17, 15) is 0 Å². The summed E-state index contributed by atoms with van der Waals surface area (Å²) in [7, 11) is 0. The molecule has 0 N–H and O–H groups in total. The molecular weight excluding hydrogens is 424 g/mol. The molecule has 0 unspecified atom stereocenters. The van der Waals surface area contributed by atoms with E-state index in [-0.39, 0.29) is 0 Å². The quantitative estimate of drug-likeness (QED) is 0.247. The van der Waals surface area contributed by atoms with Crippen LogP contribution in [0.1, 0.15) is 6.92 Å². The number of rotatable bonds is 3. The third-order valence-electron chi connectivity index (χ3n) is 7.26. The van der Waals surface area contributed by atoms with Gasteiger partial charge < -0.3 is 4.57 Å². The maximum Gasteiger partial charge on any atom is 0.0491 e. The number of hydrogen-bond donors (Lipinski definition) is 0. The normalized spacial score (nSPS) is 11.7. The zero-order valence-electron chi connectivity index (χ0n) is 19.6. The summed E-state index contributed by atoms with van der Waals surface area (Å²) in [5.74, 6) is 0. The van der Waals surface area contributed by atoms with E-state index >= 15 is 0 Å². The molecule has 0 aliphatic heterocycles. The number of aryl methyl sites for hydroxylation is 1. The van der Waals surface area contributed by atoms with Crippen molar-refractivity contribution in [3.05, 3.63) is 116 Å². The molecule has 5 aromatic carbocycles. The van der Waals surface area contributed by atoms with E-state index in [0.717, 1.165) is 12.1 Å². The number of nitrogens with zero attached hydrogens (tertiary/aromatic N) is 2. The van der Waals surface area contributed by atoms with Gasteiger partial charge in [0.1, 0.15) is 0 Å². The van der Waals surface area contributed by atoms with Gasteiger partial charge in [-0.1, -0.05) is 78.9 Å². The Bertz CT molecular complexity index is 1820. The molecule has 2 aromatic heterocycles. The second kappa shape index (κ2) is 7.82. The van der Waals surface area contributed by atoms with Crippen molar-refractivity contribution in [2.75, 3.05) is 0 Å². The summed E-state index contributed by atoms with van der Waals surface area (Å²) >= 11 is 0. The van der Waals surface area contributed by atoms with E-state index in [1.807, 2.05) is 18.5 Å². The zero-order valence-corrected chi connectivity index (χ0v) is 19.6. The summed E-state index contributed by atoms with van der Waals surface area (Å²) in [5.41, 5.74) is 7.52. The molecule has 0 atom stereocenters. The van der Waals surface area contributed by atoms with Gasteiger partial charge in [-0.05, 0) is 69.4 Å². The first kappa shape index (κ1) is 20.0. The molecule has 0 spiro atoms. The average molecular weight is 449 g/mol. The molecule has 2 heterocycles. The molecule has 166 valence electrons. The molecule has 0 aliphatic carbocycles. The number of fused-ring (bicyclic) bond motifs is 5. The Morgan fingerprint density at radius 1 is 0.543 bits per heavy atom. The Morgan fingerprint density at radius 3 is 1.71 bits per heavy atom. The van der Waals surface area contributed by atoms with Crippen molar-refractivity contribution < 1.29 is 0 Å². The summed E-state index contributed by atoms with van der Waals surface area (Å²) < 4.78 is 2.41. The summed E-state index contributed by atoms with van der Waals surface area (Å²) in [6.45, 7) is 3.17. The molecule has 0 saturated carbocycles. The van der Waals surface area contributed by atoms with Gasteiger partial charge in [0.15, 0.2) is 0 Å². The van der Waals surface area contributed by atoms with Crippen LogP contribution in [0.2, 0.25) is 0 Å². The summed E-state index contributed by atoms with van der Waals surface area (Å²) in [5, 5.41) is 7.67. The fraction of sp³-hybridized carbons (Fsp3) is 0.0606. The van der Waals surface area contributed by atoms with Crippen LogP contribution in [0, 0.1) is 0 Å². The Labute approximate surface area is 204 Å². The number of pyridine rings is 1. The van der Waals surface area contributed by atoms with Crippen molar-refractivity contribution in [2.45, 2.75) is 13.5 Å². The zero-order chi connectivity index (χ0) is 23.4. The molecule has 0 aliphatic rings. The molecule has 0 bridgehead atoms. The van der Waals surface area contributed by atoms with Gasteiger partial charge >= 0.3 is 0 Å². The van der Waals surface area contributed by atoms with Crippen LogP contribution in [-0.2, 0) is 6.54 Å². The minimum atomic E-state index is 0.953. The van der Waals surface area contributed by atoms with Gasteiger partial charge in [-0.2, -0.15) is 0 Å². The molecule has 7 rings (SSSR count). The van der Waals surface area contributed by atoms with E-state index in [4.69, 9.17) is 0 Å². The van der Waals surface area contributed by atoms with Crippen LogP contribution in [0.25, 0.3) is 65.6 Å². The average Bonchev–Trinajstić information content (AvgIpc) is 3.25. The molecule has 2 nitrogen and oxygen atoms in total. The number of benzene rings is 5. The smallest absolute Gasteiger partial charge is 0.0491 e. The molecule has 0 fully saturated rings. The highest BCUT2D eigenvalue weighted by molar-refractivity contribution is 6.22. The second-order valence-corrected chi connectivity index (χ2v) is 9.08. The molecular formula is C33H24N2. The van der Waals surface area contributed by atoms with Crippen LogP contribution < -0.4 is 0 Å². The highest BCUT2D eigenvalue weighted by Crippen LogP contribution is 2.44. The van der Waals surface area contributed by atoms with Crippen LogP contribution in [0.15, 0.2) is 116 Å². The Kier molecular flexibility index (Phi) is 4.46. The van der Waals surface area contributed by atoms with Crippen molar-refractivity contribution in [1.82, 2.24) is 9.55 Å². The van der Waals surface area contributed by atoms with E-state index < -0.39 is 0 Å². The summed E-state index contributed by atoms with van der Waals surface area (Å²) in [6, 6.07) is 37.5. The lowest BCUT2D eigenvalue weighted by atomic mass is 9.86. The van der Waals surface area contributed by atoms with Crippen molar-refractivity contribution in [3.63, 3.8) is 0 Å². The second-order valence-electron chi connectivity index (χ2n) is 9.08. The van der Waals surface area contributed by atoms with Crippen LogP contribution in [0.5, 0.6) is 0 Å². The largest absolute Gasteiger partial charge is 0.341 e. The summed E-state index contributed by atoms with van der Waals surface area (Å²) in [4.78, 5) is 4.43. The summed E-state index contributed by atoms with van der Waals surface area (Å²) in [6.07, 6.45) is 3.81. The molecule has 0 amide bonds. The number of para-hydroxylation sites is 1. The minimum Gasteiger partial charge on any atom is -0.341 e. The highest BCUT2D eigenvalue weighted by atomic mass is 15.0. The van der Waals surface area contributed by atoms with Gasteiger partial charge in [-0.15, -0.1) is 0 Å². The van der Waals surface area contributed by atoms with Crippen LogP contribution in [0.3, 0.4) is 0 Å². The first-order chi connectivity index (χ1) is 17.3. The van der Waals surface area contributed by atoms with Gasteiger partial charge in [0.05, 0.1) is 0 Å². The van der Waals surface area contributed by atoms with Crippen molar-refractivity contribution in [1.29, 1.82) is 0 Å². The Balaban J connectivity index is 1.62. The molecule has 35 heavy (non-hydrogen) atoms. The molecule has 0 saturated heterocycles. The Morgan fingerprint density at radius 2 is 1.11 bits per heavy atom. The first-order valence-corrected chi connectivity index (χ1v) is 12.2. The van der Waals surface area contributed by atoms with Crippen molar-refractivity contribution in [2.24, 2.45) is 0 Å². The lowest BCUT2D eigenvalue weighted by molar-refractivity contribution is 0.827. The third kappa shape index (κ3) is 2.93. The minimum absolute atomic E-state index is 0.953. The van der Waals surface area contributed by atoms with Gasteiger partial charge in [-0.25, -0.2) is 0 Å². The van der Waals surface area contributed by atoms with Gasteiger partial charge in [0.2, 0.25) is 0 Å². The van der Waals surface area contributed by atoms with E-state index in [0.29, 0.717) is 0 Å². The highest BCUT2D eigenvalue weighted by Gasteiger charge is 2.17. The van der Waals surface area contributed by atoms with Crippen LogP contribution in [-0.4, -0.2) is 9.55 Å². The maximum absolute atomic E-state index is 4.43. The number of hydrogen-bond acceptors (Lipinski definition) is 1. The van der Waals surface area contributed by atoms with E-state index in [1.54, 1.807) is 0 Å². The lowest BCUT2D eigenvalue weighted by Gasteiger charge is -2.17. The topological polar surface area (TPSA) is 17.8 Å². The molecule has 0 radical (unpaired) electrons. The van der Waals surface area contributed by atoms with Crippen molar-refractivity contribution >= 4 is 43.4 Å². The molecule has 2 heteroatoms. The number of aromatic nitrogens is 2. The van der Waals surface area contributed by atoms with Crippen LogP contribution in [0.4, 0.5) is 0 Å². The van der Waals surface area contributed by atoms with E-state index in [1.165, 1.54) is 60.0 Å². The SMILES string of the molecule is CCn1c2ccccc2c2cc(-c3c4ccccc4c(-c4cccnc4)c4ccccc34)ccc21. The standard InChI is InChI=1S/C33H24N2/c1-2-35-30-16-8-7-11-24(30)29-20-22(17-18-31(29)35)32-25-12-3-5-14-27(25)33(23-10-9-19-34-21-23)28-15-6-4-13-26(28)32/h3-21H,2H2,1H3. The predicted molar refractivity (Wildman–Crippen MR) is 149 cm³/mol. The fourth-order valence-electron chi connectivity index (χ4n) is 5.81. The van der Waals surface area contributed by atoms with Gasteiger partial charge in [0.25, 0.3) is 0 Å². The maximum atomic E-state index is 4.43. The monoisotopic (exact) mass is 448 g/mol. The van der Waals surface area contributed by atoms with Gasteiger partial charge in [0, 0.05) is 46.3 Å². The lowest BCUT2D eigenvalue weighted by Crippen LogP contribution is -1.93. The third-order valence-corrected chi connectivity index (χ3v) is 7.26. The van der Waals surface area contributed by atoms with Crippen molar-refractivity contribution in [3.8, 4) is 22.3 Å².